The Bertz CT molecular complexity index is 1440. The van der Waals surface area contributed by atoms with E-state index in [1.54, 1.807) is 6.26 Å². The van der Waals surface area contributed by atoms with Crippen LogP contribution in [0.2, 0.25) is 0 Å². The van der Waals surface area contributed by atoms with Crippen molar-refractivity contribution in [3.8, 4) is 5.75 Å². The molecule has 0 bridgehead atoms. The summed E-state index contributed by atoms with van der Waals surface area (Å²) in [4.78, 5) is 35.6. The first kappa shape index (κ1) is 35.0. The zero-order chi connectivity index (χ0) is 33.1. The molecule has 1 aliphatic heterocycles. The van der Waals surface area contributed by atoms with Gasteiger partial charge in [-0.2, -0.15) is 0 Å². The molecular weight excluding hydrogens is 608 g/mol. The Morgan fingerprint density at radius 3 is 2.09 bits per heavy atom. The minimum atomic E-state index is -1.09. The molecule has 0 saturated carbocycles. The fourth-order valence-corrected chi connectivity index (χ4v) is 7.04. The van der Waals surface area contributed by atoms with Crippen LogP contribution in [0.25, 0.3) is 0 Å². The molecule has 9 nitrogen and oxygen atoms in total. The lowest BCUT2D eigenvalue weighted by Gasteiger charge is -2.46. The van der Waals surface area contributed by atoms with E-state index in [-0.39, 0.29) is 19.3 Å². The second kappa shape index (κ2) is 17.2. The molecule has 1 heterocycles. The zero-order valence-electron chi connectivity index (χ0n) is 26.2. The molecule has 3 aromatic rings. The second-order valence-corrected chi connectivity index (χ2v) is 12.6. The largest absolute Gasteiger partial charge is 0.494 e. The summed E-state index contributed by atoms with van der Waals surface area (Å²) in [5.74, 6) is -4.52. The Labute approximate surface area is 273 Å². The maximum atomic E-state index is 12.0. The average molecular weight is 651 g/mol. The third-order valence-electron chi connectivity index (χ3n) is 8.42. The van der Waals surface area contributed by atoms with Gasteiger partial charge in [0.2, 0.25) is 0 Å². The summed E-state index contributed by atoms with van der Waals surface area (Å²) in [7, 11) is 0. The van der Waals surface area contributed by atoms with Gasteiger partial charge in [0.15, 0.2) is 0 Å². The molecule has 0 aliphatic carbocycles. The molecule has 3 N–H and O–H groups in total. The second-order valence-electron chi connectivity index (χ2n) is 11.7. The Balaban J connectivity index is 1.43. The first-order valence-electron chi connectivity index (χ1n) is 15.4. The Morgan fingerprint density at radius 2 is 1.43 bits per heavy atom. The average Bonchev–Trinajstić information content (AvgIpc) is 3.02. The zero-order valence-corrected chi connectivity index (χ0v) is 27.0. The normalized spacial score (nSPS) is 21.0. The number of ether oxygens (including phenoxy) is 3. The maximum Gasteiger partial charge on any atom is 0.303 e. The molecule has 3 aromatic carbocycles. The van der Waals surface area contributed by atoms with Crippen LogP contribution in [0.15, 0.2) is 72.8 Å². The van der Waals surface area contributed by atoms with Crippen molar-refractivity contribution in [1.82, 2.24) is 0 Å². The third kappa shape index (κ3) is 10.1. The number of thioether (sulfide) groups is 1. The monoisotopic (exact) mass is 650 g/mol. The van der Waals surface area contributed by atoms with Gasteiger partial charge in [-0.3, -0.25) is 14.4 Å². The number of hydrogen-bond donors (Lipinski definition) is 3. The highest BCUT2D eigenvalue weighted by Crippen LogP contribution is 2.50. The molecule has 246 valence electrons. The van der Waals surface area contributed by atoms with E-state index < -0.39 is 47.2 Å². The van der Waals surface area contributed by atoms with Crippen LogP contribution in [0.5, 0.6) is 5.75 Å². The topological polar surface area (TPSA) is 140 Å². The summed E-state index contributed by atoms with van der Waals surface area (Å²) < 4.78 is 18.0. The summed E-state index contributed by atoms with van der Waals surface area (Å²) in [6, 6.07) is 23.8. The van der Waals surface area contributed by atoms with Crippen molar-refractivity contribution in [3.05, 3.63) is 101 Å². The number of aliphatic carboxylic acids is 3. The molecule has 4 rings (SSSR count). The summed E-state index contributed by atoms with van der Waals surface area (Å²) in [5.41, 5.74) is 4.45. The highest BCUT2D eigenvalue weighted by atomic mass is 32.2. The lowest BCUT2D eigenvalue weighted by molar-refractivity contribution is -0.161. The van der Waals surface area contributed by atoms with Crippen LogP contribution in [0, 0.1) is 24.7 Å². The molecule has 46 heavy (non-hydrogen) atoms. The van der Waals surface area contributed by atoms with E-state index in [0.29, 0.717) is 26.2 Å². The number of aryl methyl sites for hydroxylation is 1. The Kier molecular flexibility index (Phi) is 13.1. The molecule has 0 aromatic heterocycles. The van der Waals surface area contributed by atoms with Crippen LogP contribution < -0.4 is 4.74 Å². The van der Waals surface area contributed by atoms with Gasteiger partial charge in [0.25, 0.3) is 0 Å². The molecule has 0 radical (unpaired) electrons. The number of benzene rings is 3. The van der Waals surface area contributed by atoms with E-state index in [4.69, 9.17) is 14.2 Å². The van der Waals surface area contributed by atoms with Gasteiger partial charge in [-0.25, -0.2) is 0 Å². The molecule has 0 spiro atoms. The van der Waals surface area contributed by atoms with Crippen molar-refractivity contribution in [2.45, 2.75) is 57.2 Å². The predicted molar refractivity (Wildman–Crippen MR) is 175 cm³/mol. The van der Waals surface area contributed by atoms with Crippen molar-refractivity contribution in [3.63, 3.8) is 0 Å². The Hall–Kier alpha value is -3.86. The van der Waals surface area contributed by atoms with Crippen LogP contribution >= 0.6 is 11.8 Å². The van der Waals surface area contributed by atoms with Gasteiger partial charge < -0.3 is 29.5 Å². The molecule has 10 heteroatoms. The lowest BCUT2D eigenvalue weighted by atomic mass is 9.70. The number of carbonyl (C=O) groups is 3. The summed E-state index contributed by atoms with van der Waals surface area (Å²) in [6.07, 6.45) is 1.52. The molecule has 0 unspecified atom stereocenters. The van der Waals surface area contributed by atoms with Crippen LogP contribution in [-0.2, 0) is 36.9 Å². The minimum absolute atomic E-state index is 0.298. The van der Waals surface area contributed by atoms with E-state index in [1.165, 1.54) is 11.8 Å². The number of carboxylic acid groups (broad SMARTS) is 3. The summed E-state index contributed by atoms with van der Waals surface area (Å²) in [6.45, 7) is 3.74. The van der Waals surface area contributed by atoms with Gasteiger partial charge in [-0.05, 0) is 65.5 Å². The molecule has 1 saturated heterocycles. The fourth-order valence-electron chi connectivity index (χ4n) is 6.16. The summed E-state index contributed by atoms with van der Waals surface area (Å²) in [5, 5.41) is 29.1. The van der Waals surface area contributed by atoms with Crippen molar-refractivity contribution in [2.24, 2.45) is 17.8 Å². The van der Waals surface area contributed by atoms with Gasteiger partial charge in [0.1, 0.15) is 11.2 Å². The van der Waals surface area contributed by atoms with Gasteiger partial charge >= 0.3 is 17.9 Å². The van der Waals surface area contributed by atoms with E-state index >= 15 is 0 Å². The highest BCUT2D eigenvalue weighted by molar-refractivity contribution is 7.99. The van der Waals surface area contributed by atoms with E-state index in [1.807, 2.05) is 79.7 Å². The van der Waals surface area contributed by atoms with E-state index in [0.717, 1.165) is 40.0 Å². The first-order chi connectivity index (χ1) is 22.1. The predicted octanol–water partition coefficient (Wildman–Crippen LogP) is 6.60. The van der Waals surface area contributed by atoms with Crippen LogP contribution in [0.1, 0.15) is 59.6 Å². The van der Waals surface area contributed by atoms with Crippen molar-refractivity contribution < 1.29 is 43.9 Å². The Morgan fingerprint density at radius 1 is 0.783 bits per heavy atom. The summed E-state index contributed by atoms with van der Waals surface area (Å²) >= 11 is 1.32. The van der Waals surface area contributed by atoms with Gasteiger partial charge in [-0.1, -0.05) is 60.7 Å². The lowest BCUT2D eigenvalue weighted by Crippen LogP contribution is -2.45. The SMILES string of the molecule is CS[C@H]1O[C@H](c2ccc(C)c(Cc3ccc(OCCCOCc4ccccc4)cc3)c2)[C@@H](CC(=O)O)[C@@H](CC(=O)O)[C@@H]1CC(=O)O. The molecule has 1 fully saturated rings. The first-order valence-corrected chi connectivity index (χ1v) is 16.7. The number of carboxylic acids is 3. The third-order valence-corrected chi connectivity index (χ3v) is 9.34. The quantitative estimate of drug-likeness (QED) is 0.137. The smallest absolute Gasteiger partial charge is 0.303 e. The van der Waals surface area contributed by atoms with Crippen molar-refractivity contribution >= 4 is 29.7 Å². The van der Waals surface area contributed by atoms with Crippen LogP contribution in [0.3, 0.4) is 0 Å². The van der Waals surface area contributed by atoms with Crippen molar-refractivity contribution in [1.29, 1.82) is 0 Å². The van der Waals surface area contributed by atoms with Crippen LogP contribution in [-0.4, -0.2) is 58.1 Å². The van der Waals surface area contributed by atoms with Crippen LogP contribution in [0.4, 0.5) is 0 Å². The highest BCUT2D eigenvalue weighted by Gasteiger charge is 2.48. The standard InChI is InChI=1S/C36H42O9S/c1-23-9-12-26(35-30(20-33(39)40)29(19-32(37)38)31(21-34(41)42)36(45-35)46-2)18-27(23)17-24-10-13-28(14-11-24)44-16-6-15-43-22-25-7-4-3-5-8-25/h3-5,7-14,18,29-31,35-36H,6,15-17,19-22H2,1-2H3,(H,37,38)(H,39,40)(H,41,42)/t29-,30+,31+,35-,36-/m1/s1. The number of rotatable bonds is 17. The number of hydrogen-bond acceptors (Lipinski definition) is 7. The van der Waals surface area contributed by atoms with Gasteiger partial charge in [-0.15, -0.1) is 11.8 Å². The molecular formula is C36H42O9S. The molecule has 5 atom stereocenters. The van der Waals surface area contributed by atoms with Gasteiger partial charge in [0, 0.05) is 24.7 Å². The maximum absolute atomic E-state index is 12.0. The van der Waals surface area contributed by atoms with Gasteiger partial charge in [0.05, 0.1) is 38.8 Å². The molecule has 0 amide bonds. The van der Waals surface area contributed by atoms with E-state index in [2.05, 4.69) is 0 Å². The van der Waals surface area contributed by atoms with E-state index in [9.17, 15) is 29.7 Å². The minimum Gasteiger partial charge on any atom is -0.494 e. The fraction of sp³-hybridized carbons (Fsp3) is 0.417. The van der Waals surface area contributed by atoms with Crippen molar-refractivity contribution in [2.75, 3.05) is 19.5 Å². The molecule has 1 aliphatic rings.